The SMILES string of the molecule is COc1ccc(Nc2cc(-n3nc(C)cc3C)ncn2)cc1. The average Bonchev–Trinajstić information content (AvgIpc) is 2.87. The Labute approximate surface area is 128 Å². The molecule has 1 aromatic carbocycles. The Morgan fingerprint density at radius 3 is 2.45 bits per heavy atom. The van der Waals surface area contributed by atoms with Crippen molar-refractivity contribution in [1.82, 2.24) is 19.7 Å². The fraction of sp³-hybridized carbons (Fsp3) is 0.188. The highest BCUT2D eigenvalue weighted by molar-refractivity contribution is 5.58. The largest absolute Gasteiger partial charge is 0.497 e. The number of anilines is 2. The van der Waals surface area contributed by atoms with E-state index >= 15 is 0 Å². The van der Waals surface area contributed by atoms with E-state index < -0.39 is 0 Å². The number of aryl methyl sites for hydroxylation is 2. The second-order valence-corrected chi connectivity index (χ2v) is 4.95. The quantitative estimate of drug-likeness (QED) is 0.801. The van der Waals surface area contributed by atoms with Gasteiger partial charge in [-0.3, -0.25) is 0 Å². The smallest absolute Gasteiger partial charge is 0.159 e. The first-order chi connectivity index (χ1) is 10.7. The van der Waals surface area contributed by atoms with Crippen molar-refractivity contribution in [3.8, 4) is 11.6 Å². The molecule has 0 fully saturated rings. The molecule has 0 aliphatic rings. The van der Waals surface area contributed by atoms with E-state index in [9.17, 15) is 0 Å². The van der Waals surface area contributed by atoms with Gasteiger partial charge in [-0.1, -0.05) is 0 Å². The molecule has 22 heavy (non-hydrogen) atoms. The Morgan fingerprint density at radius 1 is 1.05 bits per heavy atom. The number of nitrogens with one attached hydrogen (secondary N) is 1. The number of benzene rings is 1. The normalized spacial score (nSPS) is 10.5. The number of hydrogen-bond acceptors (Lipinski definition) is 5. The molecule has 0 bridgehead atoms. The van der Waals surface area contributed by atoms with Crippen LogP contribution in [0.25, 0.3) is 5.82 Å². The molecule has 0 saturated heterocycles. The summed E-state index contributed by atoms with van der Waals surface area (Å²) >= 11 is 0. The summed E-state index contributed by atoms with van der Waals surface area (Å²) in [5.74, 6) is 2.26. The van der Waals surface area contributed by atoms with Crippen LogP contribution in [-0.2, 0) is 0 Å². The Bertz CT molecular complexity index is 779. The van der Waals surface area contributed by atoms with Gasteiger partial charge in [0.25, 0.3) is 0 Å². The maximum absolute atomic E-state index is 5.15. The lowest BCUT2D eigenvalue weighted by Gasteiger charge is -2.08. The van der Waals surface area contributed by atoms with E-state index in [-0.39, 0.29) is 0 Å². The average molecular weight is 295 g/mol. The summed E-state index contributed by atoms with van der Waals surface area (Å²) in [4.78, 5) is 8.53. The van der Waals surface area contributed by atoms with Crippen molar-refractivity contribution in [2.24, 2.45) is 0 Å². The number of rotatable bonds is 4. The molecule has 6 heteroatoms. The van der Waals surface area contributed by atoms with Crippen LogP contribution < -0.4 is 10.1 Å². The van der Waals surface area contributed by atoms with Crippen molar-refractivity contribution in [3.63, 3.8) is 0 Å². The fourth-order valence-electron chi connectivity index (χ4n) is 2.21. The lowest BCUT2D eigenvalue weighted by Crippen LogP contribution is -2.04. The van der Waals surface area contributed by atoms with Crippen LogP contribution in [0.3, 0.4) is 0 Å². The van der Waals surface area contributed by atoms with Crippen LogP contribution in [0.4, 0.5) is 11.5 Å². The summed E-state index contributed by atoms with van der Waals surface area (Å²) in [6.07, 6.45) is 1.53. The molecule has 0 spiro atoms. The molecule has 0 amide bonds. The second kappa shape index (κ2) is 5.85. The number of methoxy groups -OCH3 is 1. The lowest BCUT2D eigenvalue weighted by atomic mass is 10.3. The Balaban J connectivity index is 1.86. The van der Waals surface area contributed by atoms with Crippen LogP contribution in [0.15, 0.2) is 42.7 Å². The lowest BCUT2D eigenvalue weighted by molar-refractivity contribution is 0.415. The Morgan fingerprint density at radius 2 is 1.82 bits per heavy atom. The van der Waals surface area contributed by atoms with Crippen molar-refractivity contribution in [2.75, 3.05) is 12.4 Å². The minimum atomic E-state index is 0.711. The van der Waals surface area contributed by atoms with Crippen LogP contribution in [0.1, 0.15) is 11.4 Å². The highest BCUT2D eigenvalue weighted by Crippen LogP contribution is 2.19. The van der Waals surface area contributed by atoms with Crippen LogP contribution in [0.2, 0.25) is 0 Å². The van der Waals surface area contributed by atoms with Gasteiger partial charge in [0.2, 0.25) is 0 Å². The number of ether oxygens (including phenoxy) is 1. The minimum absolute atomic E-state index is 0.711. The van der Waals surface area contributed by atoms with Crippen LogP contribution in [0, 0.1) is 13.8 Å². The molecule has 6 nitrogen and oxygen atoms in total. The third kappa shape index (κ3) is 2.90. The van der Waals surface area contributed by atoms with Gasteiger partial charge in [0, 0.05) is 17.4 Å². The zero-order valence-electron chi connectivity index (χ0n) is 12.7. The minimum Gasteiger partial charge on any atom is -0.497 e. The zero-order chi connectivity index (χ0) is 15.5. The van der Waals surface area contributed by atoms with Gasteiger partial charge in [-0.2, -0.15) is 5.10 Å². The zero-order valence-corrected chi connectivity index (χ0v) is 12.7. The van der Waals surface area contributed by atoms with Crippen LogP contribution in [-0.4, -0.2) is 26.9 Å². The molecule has 2 heterocycles. The van der Waals surface area contributed by atoms with E-state index in [2.05, 4.69) is 20.4 Å². The summed E-state index contributed by atoms with van der Waals surface area (Å²) in [5.41, 5.74) is 2.92. The monoisotopic (exact) mass is 295 g/mol. The van der Waals surface area contributed by atoms with Crippen molar-refractivity contribution >= 4 is 11.5 Å². The first-order valence-electron chi connectivity index (χ1n) is 6.92. The first-order valence-corrected chi connectivity index (χ1v) is 6.92. The van der Waals surface area contributed by atoms with Crippen LogP contribution in [0.5, 0.6) is 5.75 Å². The molecule has 0 radical (unpaired) electrons. The topological polar surface area (TPSA) is 64.9 Å². The van der Waals surface area contributed by atoms with Crippen molar-refractivity contribution in [3.05, 3.63) is 54.1 Å². The fourth-order valence-corrected chi connectivity index (χ4v) is 2.21. The highest BCUT2D eigenvalue weighted by atomic mass is 16.5. The van der Waals surface area contributed by atoms with Gasteiger partial charge in [-0.25, -0.2) is 14.6 Å². The molecule has 0 aliphatic heterocycles. The van der Waals surface area contributed by atoms with Crippen molar-refractivity contribution in [2.45, 2.75) is 13.8 Å². The molecule has 112 valence electrons. The highest BCUT2D eigenvalue weighted by Gasteiger charge is 2.06. The van der Waals surface area contributed by atoms with Gasteiger partial charge in [0.1, 0.15) is 17.9 Å². The molecule has 1 N–H and O–H groups in total. The third-order valence-corrected chi connectivity index (χ3v) is 3.24. The molecular formula is C16H17N5O. The summed E-state index contributed by atoms with van der Waals surface area (Å²) in [5, 5.41) is 7.68. The van der Waals surface area contributed by atoms with E-state index in [0.717, 1.165) is 28.6 Å². The summed E-state index contributed by atoms with van der Waals surface area (Å²) < 4.78 is 6.95. The van der Waals surface area contributed by atoms with E-state index in [4.69, 9.17) is 4.74 Å². The number of aromatic nitrogens is 4. The third-order valence-electron chi connectivity index (χ3n) is 3.24. The van der Waals surface area contributed by atoms with Gasteiger partial charge >= 0.3 is 0 Å². The molecular weight excluding hydrogens is 278 g/mol. The van der Waals surface area contributed by atoms with Crippen molar-refractivity contribution in [1.29, 1.82) is 0 Å². The molecule has 0 unspecified atom stereocenters. The van der Waals surface area contributed by atoms with E-state index in [1.54, 1.807) is 11.8 Å². The van der Waals surface area contributed by atoms with Gasteiger partial charge < -0.3 is 10.1 Å². The molecule has 2 aromatic heterocycles. The van der Waals surface area contributed by atoms with Gasteiger partial charge in [-0.15, -0.1) is 0 Å². The van der Waals surface area contributed by atoms with Gasteiger partial charge in [0.05, 0.1) is 12.8 Å². The van der Waals surface area contributed by atoms with E-state index in [1.165, 1.54) is 6.33 Å². The van der Waals surface area contributed by atoms with Crippen molar-refractivity contribution < 1.29 is 4.74 Å². The second-order valence-electron chi connectivity index (χ2n) is 4.95. The first kappa shape index (κ1) is 14.1. The predicted molar refractivity (Wildman–Crippen MR) is 84.9 cm³/mol. The number of hydrogen-bond donors (Lipinski definition) is 1. The Hall–Kier alpha value is -2.89. The van der Waals surface area contributed by atoms with E-state index in [1.807, 2.05) is 50.2 Å². The molecule has 0 atom stereocenters. The molecule has 0 aliphatic carbocycles. The Kier molecular flexibility index (Phi) is 3.74. The summed E-state index contributed by atoms with van der Waals surface area (Å²) in [6, 6.07) is 11.5. The van der Waals surface area contributed by atoms with Gasteiger partial charge in [-0.05, 0) is 44.2 Å². The van der Waals surface area contributed by atoms with Crippen LogP contribution >= 0.6 is 0 Å². The molecule has 0 saturated carbocycles. The summed E-state index contributed by atoms with van der Waals surface area (Å²) in [6.45, 7) is 3.96. The van der Waals surface area contributed by atoms with E-state index in [0.29, 0.717) is 5.82 Å². The maximum Gasteiger partial charge on any atom is 0.159 e. The number of nitrogens with zero attached hydrogens (tertiary/aromatic N) is 4. The maximum atomic E-state index is 5.15. The van der Waals surface area contributed by atoms with Gasteiger partial charge in [0.15, 0.2) is 5.82 Å². The predicted octanol–water partition coefficient (Wildman–Crippen LogP) is 3.03. The standard InChI is InChI=1S/C16H17N5O/c1-11-8-12(2)21(20-11)16-9-15(17-10-18-16)19-13-4-6-14(22-3)7-5-13/h4-10H,1-3H3,(H,17,18,19). The summed E-state index contributed by atoms with van der Waals surface area (Å²) in [7, 11) is 1.65. The molecule has 3 rings (SSSR count). The molecule has 3 aromatic rings.